The molecule has 1 N–H and O–H groups in total. The standard InChI is InChI=1S/C18H12ClN3O3/c19-13-7-5-11(6-8-13)17-22-21-16(25-17)10-24-18(23)15-9-12-3-1-2-4-14(12)20-15/h1-9,20H,10H2. The van der Waals surface area contributed by atoms with Crippen LogP contribution < -0.4 is 0 Å². The van der Waals surface area contributed by atoms with Gasteiger partial charge in [0.25, 0.3) is 5.89 Å². The molecule has 0 aliphatic carbocycles. The van der Waals surface area contributed by atoms with Gasteiger partial charge in [0, 0.05) is 21.5 Å². The molecule has 0 fully saturated rings. The van der Waals surface area contributed by atoms with Crippen molar-refractivity contribution in [1.29, 1.82) is 0 Å². The van der Waals surface area contributed by atoms with Gasteiger partial charge in [0.2, 0.25) is 5.89 Å². The Morgan fingerprint density at radius 1 is 1.12 bits per heavy atom. The monoisotopic (exact) mass is 353 g/mol. The van der Waals surface area contributed by atoms with Gasteiger partial charge in [-0.05, 0) is 36.4 Å². The van der Waals surface area contributed by atoms with E-state index >= 15 is 0 Å². The molecule has 0 saturated heterocycles. The summed E-state index contributed by atoms with van der Waals surface area (Å²) >= 11 is 5.85. The number of halogens is 1. The number of carbonyl (C=O) groups excluding carboxylic acids is 1. The second-order valence-corrected chi connectivity index (χ2v) is 5.79. The lowest BCUT2D eigenvalue weighted by Gasteiger charge is -1.99. The third-order valence-corrected chi connectivity index (χ3v) is 3.89. The SMILES string of the molecule is O=C(OCc1nnc(-c2ccc(Cl)cc2)o1)c1cc2ccccc2[nH]1. The van der Waals surface area contributed by atoms with Crippen molar-refractivity contribution >= 4 is 28.5 Å². The summed E-state index contributed by atoms with van der Waals surface area (Å²) in [4.78, 5) is 15.2. The molecule has 25 heavy (non-hydrogen) atoms. The Morgan fingerprint density at radius 2 is 1.92 bits per heavy atom. The molecule has 0 amide bonds. The predicted octanol–water partition coefficient (Wildman–Crippen LogP) is 4.23. The number of ether oxygens (including phenoxy) is 1. The number of rotatable bonds is 4. The maximum atomic E-state index is 12.1. The molecule has 7 heteroatoms. The molecule has 0 unspecified atom stereocenters. The molecular formula is C18H12ClN3O3. The first kappa shape index (κ1) is 15.4. The van der Waals surface area contributed by atoms with Crippen LogP contribution in [0.1, 0.15) is 16.4 Å². The summed E-state index contributed by atoms with van der Waals surface area (Å²) < 4.78 is 10.7. The number of esters is 1. The molecule has 2 heterocycles. The predicted molar refractivity (Wildman–Crippen MR) is 92.2 cm³/mol. The van der Waals surface area contributed by atoms with Gasteiger partial charge in [0.05, 0.1) is 0 Å². The summed E-state index contributed by atoms with van der Waals surface area (Å²) in [5, 5.41) is 9.39. The summed E-state index contributed by atoms with van der Waals surface area (Å²) in [6.07, 6.45) is 0. The first-order valence-electron chi connectivity index (χ1n) is 7.52. The normalized spacial score (nSPS) is 10.9. The third-order valence-electron chi connectivity index (χ3n) is 3.63. The fourth-order valence-corrected chi connectivity index (χ4v) is 2.54. The van der Waals surface area contributed by atoms with Crippen molar-refractivity contribution in [3.05, 3.63) is 71.2 Å². The number of aromatic amines is 1. The summed E-state index contributed by atoms with van der Waals surface area (Å²) in [6, 6.07) is 16.4. The zero-order valence-electron chi connectivity index (χ0n) is 12.9. The number of nitrogens with zero attached hydrogens (tertiary/aromatic N) is 2. The van der Waals surface area contributed by atoms with Gasteiger partial charge in [-0.2, -0.15) is 0 Å². The number of aromatic nitrogens is 3. The van der Waals surface area contributed by atoms with E-state index in [2.05, 4.69) is 15.2 Å². The molecule has 0 spiro atoms. The Hall–Kier alpha value is -3.12. The van der Waals surface area contributed by atoms with Crippen molar-refractivity contribution in [2.75, 3.05) is 0 Å². The van der Waals surface area contributed by atoms with Gasteiger partial charge < -0.3 is 14.1 Å². The first-order valence-corrected chi connectivity index (χ1v) is 7.90. The van der Waals surface area contributed by atoms with Crippen molar-refractivity contribution in [2.24, 2.45) is 0 Å². The summed E-state index contributed by atoms with van der Waals surface area (Å²) in [7, 11) is 0. The zero-order valence-corrected chi connectivity index (χ0v) is 13.7. The lowest BCUT2D eigenvalue weighted by atomic mass is 10.2. The van der Waals surface area contributed by atoms with Crippen LogP contribution >= 0.6 is 11.6 Å². The van der Waals surface area contributed by atoms with Crippen LogP contribution in [0.4, 0.5) is 0 Å². The number of carbonyl (C=O) groups is 1. The maximum Gasteiger partial charge on any atom is 0.355 e. The molecule has 0 radical (unpaired) electrons. The first-order chi connectivity index (χ1) is 12.2. The van der Waals surface area contributed by atoms with Crippen LogP contribution in [0.5, 0.6) is 0 Å². The largest absolute Gasteiger partial charge is 0.451 e. The van der Waals surface area contributed by atoms with Gasteiger partial charge in [-0.25, -0.2) is 4.79 Å². The van der Waals surface area contributed by atoms with Crippen LogP contribution in [0.15, 0.2) is 59.0 Å². The van der Waals surface area contributed by atoms with E-state index in [0.29, 0.717) is 16.6 Å². The van der Waals surface area contributed by atoms with Gasteiger partial charge in [-0.3, -0.25) is 0 Å². The lowest BCUT2D eigenvalue weighted by molar-refractivity contribution is 0.0433. The zero-order chi connectivity index (χ0) is 17.2. The van der Waals surface area contributed by atoms with E-state index in [1.807, 2.05) is 24.3 Å². The number of hydrogen-bond donors (Lipinski definition) is 1. The van der Waals surface area contributed by atoms with E-state index in [4.69, 9.17) is 20.8 Å². The lowest BCUT2D eigenvalue weighted by Crippen LogP contribution is -2.05. The molecule has 0 atom stereocenters. The van der Waals surface area contributed by atoms with Crippen molar-refractivity contribution in [1.82, 2.24) is 15.2 Å². The van der Waals surface area contributed by atoms with E-state index in [9.17, 15) is 4.79 Å². The maximum absolute atomic E-state index is 12.1. The van der Waals surface area contributed by atoms with Crippen LogP contribution in [-0.4, -0.2) is 21.2 Å². The van der Waals surface area contributed by atoms with Crippen molar-refractivity contribution in [2.45, 2.75) is 6.61 Å². The Kier molecular flexibility index (Phi) is 3.95. The average Bonchev–Trinajstić information content (AvgIpc) is 3.27. The molecular weight excluding hydrogens is 342 g/mol. The van der Waals surface area contributed by atoms with E-state index in [0.717, 1.165) is 16.5 Å². The number of nitrogens with one attached hydrogen (secondary N) is 1. The van der Waals surface area contributed by atoms with Crippen LogP contribution in [0.3, 0.4) is 0 Å². The highest BCUT2D eigenvalue weighted by molar-refractivity contribution is 6.30. The van der Waals surface area contributed by atoms with Crippen molar-refractivity contribution < 1.29 is 13.9 Å². The minimum absolute atomic E-state index is 0.102. The molecule has 2 aromatic heterocycles. The number of fused-ring (bicyclic) bond motifs is 1. The van der Waals surface area contributed by atoms with Crippen LogP contribution in [0, 0.1) is 0 Å². The van der Waals surface area contributed by atoms with Gasteiger partial charge >= 0.3 is 5.97 Å². The molecule has 4 aromatic rings. The highest BCUT2D eigenvalue weighted by atomic mass is 35.5. The Balaban J connectivity index is 1.44. The molecule has 4 rings (SSSR count). The number of benzene rings is 2. The van der Waals surface area contributed by atoms with E-state index in [1.165, 1.54) is 0 Å². The smallest absolute Gasteiger partial charge is 0.355 e. The van der Waals surface area contributed by atoms with E-state index in [-0.39, 0.29) is 12.5 Å². The minimum Gasteiger partial charge on any atom is -0.451 e. The molecule has 0 aliphatic heterocycles. The van der Waals surface area contributed by atoms with Gasteiger partial charge in [-0.1, -0.05) is 29.8 Å². The van der Waals surface area contributed by atoms with E-state index < -0.39 is 5.97 Å². The highest BCUT2D eigenvalue weighted by Gasteiger charge is 2.14. The van der Waals surface area contributed by atoms with Crippen molar-refractivity contribution in [3.8, 4) is 11.5 Å². The third kappa shape index (κ3) is 3.25. The summed E-state index contributed by atoms with van der Waals surface area (Å²) in [5.41, 5.74) is 1.99. The molecule has 6 nitrogen and oxygen atoms in total. The molecule has 0 aliphatic rings. The summed E-state index contributed by atoms with van der Waals surface area (Å²) in [6.45, 7) is -0.102. The minimum atomic E-state index is -0.484. The van der Waals surface area contributed by atoms with Gasteiger partial charge in [-0.15, -0.1) is 10.2 Å². The Labute approximate surface area is 147 Å². The van der Waals surface area contributed by atoms with Crippen LogP contribution in [0.2, 0.25) is 5.02 Å². The van der Waals surface area contributed by atoms with Crippen LogP contribution in [0.25, 0.3) is 22.4 Å². The summed E-state index contributed by atoms with van der Waals surface area (Å²) in [5.74, 6) is 0.0742. The van der Waals surface area contributed by atoms with Gasteiger partial charge in [0.1, 0.15) is 5.69 Å². The van der Waals surface area contributed by atoms with Crippen LogP contribution in [-0.2, 0) is 11.3 Å². The second kappa shape index (κ2) is 6.41. The topological polar surface area (TPSA) is 81.0 Å². The number of hydrogen-bond acceptors (Lipinski definition) is 5. The molecule has 124 valence electrons. The highest BCUT2D eigenvalue weighted by Crippen LogP contribution is 2.21. The average molecular weight is 354 g/mol. The van der Waals surface area contributed by atoms with Crippen molar-refractivity contribution in [3.63, 3.8) is 0 Å². The second-order valence-electron chi connectivity index (χ2n) is 5.35. The van der Waals surface area contributed by atoms with Gasteiger partial charge in [0.15, 0.2) is 6.61 Å². The molecule has 0 saturated carbocycles. The fraction of sp³-hybridized carbons (Fsp3) is 0.0556. The number of H-pyrrole nitrogens is 1. The molecule has 0 bridgehead atoms. The Bertz CT molecular complexity index is 1000. The quantitative estimate of drug-likeness (QED) is 0.555. The molecule has 2 aromatic carbocycles. The van der Waals surface area contributed by atoms with E-state index in [1.54, 1.807) is 30.3 Å². The Morgan fingerprint density at radius 3 is 2.72 bits per heavy atom. The fourth-order valence-electron chi connectivity index (χ4n) is 2.41. The number of para-hydroxylation sites is 1.